The van der Waals surface area contributed by atoms with Crippen molar-refractivity contribution in [3.8, 4) is 0 Å². The lowest BCUT2D eigenvalue weighted by molar-refractivity contribution is 0.0519. The molecule has 0 bridgehead atoms. The lowest BCUT2D eigenvalue weighted by Gasteiger charge is -2.22. The maximum atomic E-state index is 13.2. The number of carbonyl (C=O) groups is 1. The first-order chi connectivity index (χ1) is 10.7. The molecule has 1 aromatic carbocycles. The van der Waals surface area contributed by atoms with Crippen molar-refractivity contribution in [2.24, 2.45) is 11.3 Å². The molecule has 2 aliphatic rings. The molecule has 2 heterocycles. The molecule has 1 aliphatic heterocycles. The maximum absolute atomic E-state index is 13.2. The highest BCUT2D eigenvalue weighted by molar-refractivity contribution is 5.98. The Hall–Kier alpha value is -1.88. The normalized spacial score (nSPS) is 22.9. The van der Waals surface area contributed by atoms with Crippen molar-refractivity contribution in [2.75, 3.05) is 19.8 Å². The Morgan fingerprint density at radius 1 is 1.36 bits per heavy atom. The molecule has 1 spiro atoms. The maximum Gasteiger partial charge on any atom is 0.267 e. The van der Waals surface area contributed by atoms with Gasteiger partial charge in [-0.25, -0.2) is 4.39 Å². The summed E-state index contributed by atoms with van der Waals surface area (Å²) in [5, 5.41) is 3.72. The van der Waals surface area contributed by atoms with Crippen molar-refractivity contribution in [2.45, 2.75) is 19.3 Å². The summed E-state index contributed by atoms with van der Waals surface area (Å²) >= 11 is 0. The predicted octanol–water partition coefficient (Wildman–Crippen LogP) is 2.85. The Bertz CT molecular complexity index is 719. The number of aromatic nitrogens is 1. The molecule has 2 aromatic rings. The monoisotopic (exact) mass is 302 g/mol. The third-order valence-corrected chi connectivity index (χ3v) is 5.18. The quantitative estimate of drug-likeness (QED) is 0.916. The number of ether oxygens (including phenoxy) is 1. The van der Waals surface area contributed by atoms with Crippen molar-refractivity contribution in [3.05, 3.63) is 35.8 Å². The number of hydrogen-bond acceptors (Lipinski definition) is 2. The van der Waals surface area contributed by atoms with Crippen LogP contribution in [0, 0.1) is 17.2 Å². The fourth-order valence-electron chi connectivity index (χ4n) is 3.65. The summed E-state index contributed by atoms with van der Waals surface area (Å²) in [6.45, 7) is 2.40. The van der Waals surface area contributed by atoms with Gasteiger partial charge in [0.2, 0.25) is 0 Å². The minimum absolute atomic E-state index is 0.120. The molecule has 1 aromatic heterocycles. The summed E-state index contributed by atoms with van der Waals surface area (Å²) < 4.78 is 18.6. The van der Waals surface area contributed by atoms with Gasteiger partial charge in [0.15, 0.2) is 0 Å². The fourth-order valence-corrected chi connectivity index (χ4v) is 3.65. The van der Waals surface area contributed by atoms with E-state index in [0.29, 0.717) is 23.6 Å². The molecule has 1 atom stereocenters. The van der Waals surface area contributed by atoms with Gasteiger partial charge in [-0.15, -0.1) is 0 Å². The highest BCUT2D eigenvalue weighted by Crippen LogP contribution is 2.58. The molecule has 0 radical (unpaired) electrons. The summed E-state index contributed by atoms with van der Waals surface area (Å²) in [6, 6.07) is 6.17. The highest BCUT2D eigenvalue weighted by atomic mass is 19.1. The van der Waals surface area contributed by atoms with Crippen LogP contribution in [0.4, 0.5) is 4.39 Å². The Labute approximate surface area is 128 Å². The third-order valence-electron chi connectivity index (χ3n) is 5.18. The van der Waals surface area contributed by atoms with Gasteiger partial charge in [-0.3, -0.25) is 4.79 Å². The topological polar surface area (TPSA) is 54.1 Å². The van der Waals surface area contributed by atoms with Crippen LogP contribution in [0.2, 0.25) is 0 Å². The Kier molecular flexibility index (Phi) is 3.18. The smallest absolute Gasteiger partial charge is 0.267 e. The van der Waals surface area contributed by atoms with Gasteiger partial charge in [-0.1, -0.05) is 0 Å². The Balaban J connectivity index is 1.39. The van der Waals surface area contributed by atoms with Gasteiger partial charge >= 0.3 is 0 Å². The van der Waals surface area contributed by atoms with Gasteiger partial charge in [-0.05, 0) is 54.9 Å². The van der Waals surface area contributed by atoms with Crippen molar-refractivity contribution >= 4 is 16.8 Å². The summed E-state index contributed by atoms with van der Waals surface area (Å²) in [4.78, 5) is 15.3. The molecule has 4 nitrogen and oxygen atoms in total. The molecular weight excluding hydrogens is 283 g/mol. The Morgan fingerprint density at radius 2 is 2.18 bits per heavy atom. The lowest BCUT2D eigenvalue weighted by atomic mass is 9.94. The number of aromatic amines is 1. The zero-order chi connectivity index (χ0) is 15.2. The zero-order valence-corrected chi connectivity index (χ0v) is 12.3. The number of fused-ring (bicyclic) bond motifs is 1. The zero-order valence-electron chi connectivity index (χ0n) is 12.3. The van der Waals surface area contributed by atoms with Crippen LogP contribution < -0.4 is 5.32 Å². The average Bonchev–Trinajstić information content (AvgIpc) is 3.00. The number of benzene rings is 1. The van der Waals surface area contributed by atoms with E-state index in [0.717, 1.165) is 37.0 Å². The first kappa shape index (κ1) is 13.8. The van der Waals surface area contributed by atoms with Gasteiger partial charge in [0.05, 0.1) is 0 Å². The van der Waals surface area contributed by atoms with Crippen molar-refractivity contribution in [1.29, 1.82) is 0 Å². The second-order valence-corrected chi connectivity index (χ2v) is 6.50. The van der Waals surface area contributed by atoms with E-state index in [2.05, 4.69) is 10.3 Å². The number of H-pyrrole nitrogens is 1. The van der Waals surface area contributed by atoms with E-state index in [1.165, 1.54) is 18.6 Å². The molecular formula is C17H19FN2O2. The van der Waals surface area contributed by atoms with Gasteiger partial charge in [0, 0.05) is 30.7 Å². The van der Waals surface area contributed by atoms with Crippen LogP contribution >= 0.6 is 0 Å². The number of rotatable bonds is 3. The minimum atomic E-state index is -0.294. The number of hydrogen-bond donors (Lipinski definition) is 2. The number of halogens is 1. The molecule has 22 heavy (non-hydrogen) atoms. The number of amides is 1. The van der Waals surface area contributed by atoms with Crippen LogP contribution in [0.5, 0.6) is 0 Å². The molecule has 1 saturated heterocycles. The van der Waals surface area contributed by atoms with Gasteiger partial charge < -0.3 is 15.0 Å². The van der Waals surface area contributed by atoms with Crippen LogP contribution in [-0.4, -0.2) is 30.6 Å². The lowest BCUT2D eigenvalue weighted by Crippen LogP contribution is -2.28. The number of nitrogens with one attached hydrogen (secondary N) is 2. The van der Waals surface area contributed by atoms with Crippen LogP contribution in [0.25, 0.3) is 10.9 Å². The summed E-state index contributed by atoms with van der Waals surface area (Å²) in [5.74, 6) is 0.158. The molecule has 1 aliphatic carbocycles. The second-order valence-electron chi connectivity index (χ2n) is 6.50. The van der Waals surface area contributed by atoms with Gasteiger partial charge in [0.25, 0.3) is 5.91 Å². The Morgan fingerprint density at radius 3 is 3.00 bits per heavy atom. The first-order valence-corrected chi connectivity index (χ1v) is 7.81. The molecule has 4 rings (SSSR count). The van der Waals surface area contributed by atoms with Crippen LogP contribution in [-0.2, 0) is 4.74 Å². The van der Waals surface area contributed by atoms with Gasteiger partial charge in [-0.2, -0.15) is 0 Å². The largest absolute Gasteiger partial charge is 0.381 e. The van der Waals surface area contributed by atoms with E-state index >= 15 is 0 Å². The molecule has 1 saturated carbocycles. The SMILES string of the molecule is O=C(NCC1CC12CCOCC2)c1cc2cc(F)ccc2[nH]1. The highest BCUT2D eigenvalue weighted by Gasteiger charge is 2.53. The molecule has 2 N–H and O–H groups in total. The van der Waals surface area contributed by atoms with Crippen molar-refractivity contribution < 1.29 is 13.9 Å². The summed E-state index contributed by atoms with van der Waals surface area (Å²) in [6.07, 6.45) is 3.41. The standard InChI is InChI=1S/C17H19FN2O2/c18-13-1-2-14-11(7-13)8-15(20-14)16(21)19-10-12-9-17(12)3-5-22-6-4-17/h1-2,7-8,12,20H,3-6,9-10H2,(H,19,21). The average molecular weight is 302 g/mol. The van der Waals surface area contributed by atoms with Crippen LogP contribution in [0.3, 0.4) is 0 Å². The number of carbonyl (C=O) groups excluding carboxylic acids is 1. The predicted molar refractivity (Wildman–Crippen MR) is 81.2 cm³/mol. The second kappa shape index (κ2) is 5.09. The van der Waals surface area contributed by atoms with Crippen LogP contribution in [0.15, 0.2) is 24.3 Å². The van der Waals surface area contributed by atoms with Crippen molar-refractivity contribution in [1.82, 2.24) is 10.3 Å². The molecule has 116 valence electrons. The van der Waals surface area contributed by atoms with E-state index in [-0.39, 0.29) is 11.7 Å². The molecule has 5 heteroatoms. The van der Waals surface area contributed by atoms with E-state index < -0.39 is 0 Å². The van der Waals surface area contributed by atoms with Gasteiger partial charge in [0.1, 0.15) is 11.5 Å². The van der Waals surface area contributed by atoms with E-state index in [1.807, 2.05) is 0 Å². The van der Waals surface area contributed by atoms with E-state index in [4.69, 9.17) is 4.74 Å². The fraction of sp³-hybridized carbons (Fsp3) is 0.471. The summed E-state index contributed by atoms with van der Waals surface area (Å²) in [7, 11) is 0. The van der Waals surface area contributed by atoms with Crippen molar-refractivity contribution in [3.63, 3.8) is 0 Å². The molecule has 2 fully saturated rings. The molecule has 1 unspecified atom stereocenters. The third kappa shape index (κ3) is 2.39. The first-order valence-electron chi connectivity index (χ1n) is 7.81. The minimum Gasteiger partial charge on any atom is -0.381 e. The van der Waals surface area contributed by atoms with Crippen LogP contribution in [0.1, 0.15) is 29.8 Å². The molecule has 1 amide bonds. The van der Waals surface area contributed by atoms with E-state index in [1.54, 1.807) is 12.1 Å². The summed E-state index contributed by atoms with van der Waals surface area (Å²) in [5.41, 5.74) is 1.68. The van der Waals surface area contributed by atoms with E-state index in [9.17, 15) is 9.18 Å².